The second kappa shape index (κ2) is 11.2. The molecule has 1 atom stereocenters. The van der Waals surface area contributed by atoms with Crippen LogP contribution in [0.15, 0.2) is 48.5 Å². The smallest absolute Gasteiger partial charge is 0.426 e. The van der Waals surface area contributed by atoms with Crippen LogP contribution in [0.1, 0.15) is 4.88 Å². The first kappa shape index (κ1) is 27.3. The molecule has 2 heterocycles. The topological polar surface area (TPSA) is 81.3 Å². The Bertz CT molecular complexity index is 1300. The first-order valence-electron chi connectivity index (χ1n) is 9.76. The minimum absolute atomic E-state index is 0. The van der Waals surface area contributed by atoms with Gasteiger partial charge in [-0.25, -0.2) is 4.39 Å². The Labute approximate surface area is 216 Å². The van der Waals surface area contributed by atoms with Crippen LogP contribution in [-0.2, 0) is 6.18 Å². The maximum absolute atomic E-state index is 14.5. The van der Waals surface area contributed by atoms with E-state index in [1.165, 1.54) is 12.1 Å². The molecule has 0 bridgehead atoms. The van der Waals surface area contributed by atoms with E-state index in [2.05, 4.69) is 10.2 Å². The molecule has 13 heteroatoms. The highest BCUT2D eigenvalue weighted by Gasteiger charge is 2.37. The SMILES string of the molecule is Cl.N[C@H](CO)COc1cc(Cl)c(-c2nnc(-c3cc(-c4ccccc4)c(C(F)(F)F)s3)s2)cc1F. The Kier molecular flexibility index (Phi) is 8.73. The van der Waals surface area contributed by atoms with Crippen LogP contribution in [-0.4, -0.2) is 34.6 Å². The van der Waals surface area contributed by atoms with Crippen molar-refractivity contribution < 1.29 is 27.4 Å². The lowest BCUT2D eigenvalue weighted by molar-refractivity contribution is -0.133. The van der Waals surface area contributed by atoms with Crippen molar-refractivity contribution in [2.75, 3.05) is 13.2 Å². The summed E-state index contributed by atoms with van der Waals surface area (Å²) >= 11 is 7.84. The molecule has 0 radical (unpaired) electrons. The molecular weight excluding hydrogens is 549 g/mol. The molecule has 5 nitrogen and oxygen atoms in total. The number of aromatic nitrogens is 2. The molecule has 3 N–H and O–H groups in total. The number of nitrogens with two attached hydrogens (primary N) is 1. The van der Waals surface area contributed by atoms with Gasteiger partial charge >= 0.3 is 6.18 Å². The zero-order valence-electron chi connectivity index (χ0n) is 17.6. The van der Waals surface area contributed by atoms with E-state index in [1.54, 1.807) is 30.3 Å². The average molecular weight is 566 g/mol. The third kappa shape index (κ3) is 6.11. The molecule has 186 valence electrons. The van der Waals surface area contributed by atoms with Gasteiger partial charge in [0.05, 0.1) is 22.5 Å². The van der Waals surface area contributed by atoms with Crippen LogP contribution in [0.3, 0.4) is 0 Å². The van der Waals surface area contributed by atoms with Gasteiger partial charge in [0, 0.05) is 17.2 Å². The summed E-state index contributed by atoms with van der Waals surface area (Å²) in [4.78, 5) is -0.457. The van der Waals surface area contributed by atoms with Gasteiger partial charge in [0.2, 0.25) is 0 Å². The quantitative estimate of drug-likeness (QED) is 0.249. The van der Waals surface area contributed by atoms with Crippen molar-refractivity contribution in [2.24, 2.45) is 5.73 Å². The minimum atomic E-state index is -4.54. The summed E-state index contributed by atoms with van der Waals surface area (Å²) in [6.07, 6.45) is -4.54. The first-order valence-corrected chi connectivity index (χ1v) is 11.8. The number of hydrogen-bond acceptors (Lipinski definition) is 7. The second-order valence-electron chi connectivity index (χ2n) is 7.15. The molecule has 0 aliphatic rings. The number of nitrogens with zero attached hydrogens (tertiary/aromatic N) is 2. The number of alkyl halides is 3. The molecule has 0 saturated heterocycles. The molecule has 2 aromatic heterocycles. The number of halogens is 6. The fraction of sp³-hybridized carbons (Fsp3) is 0.182. The van der Waals surface area contributed by atoms with Crippen LogP contribution in [0, 0.1) is 5.82 Å². The van der Waals surface area contributed by atoms with Crippen LogP contribution in [0.4, 0.5) is 17.6 Å². The monoisotopic (exact) mass is 565 g/mol. The van der Waals surface area contributed by atoms with Crippen molar-refractivity contribution in [3.05, 3.63) is 64.2 Å². The largest absolute Gasteiger partial charge is 0.489 e. The number of ether oxygens (including phenoxy) is 1. The number of thiophene rings is 1. The highest BCUT2D eigenvalue weighted by Crippen LogP contribution is 2.47. The number of hydrogen-bond donors (Lipinski definition) is 2. The molecule has 35 heavy (non-hydrogen) atoms. The number of rotatable bonds is 7. The van der Waals surface area contributed by atoms with Gasteiger partial charge in [0.15, 0.2) is 16.6 Å². The van der Waals surface area contributed by atoms with Crippen LogP contribution in [0.25, 0.3) is 31.6 Å². The summed E-state index contributed by atoms with van der Waals surface area (Å²) < 4.78 is 60.8. The first-order chi connectivity index (χ1) is 16.2. The summed E-state index contributed by atoms with van der Waals surface area (Å²) in [5.74, 6) is -0.883. The van der Waals surface area contributed by atoms with Gasteiger partial charge in [-0.05, 0) is 17.7 Å². The maximum Gasteiger partial charge on any atom is 0.426 e. The van der Waals surface area contributed by atoms with Crippen LogP contribution >= 0.6 is 46.7 Å². The normalized spacial score (nSPS) is 12.3. The van der Waals surface area contributed by atoms with E-state index in [0.29, 0.717) is 16.9 Å². The Hall–Kier alpha value is -2.28. The molecule has 0 fully saturated rings. The van der Waals surface area contributed by atoms with Gasteiger partial charge in [-0.1, -0.05) is 53.3 Å². The summed E-state index contributed by atoms with van der Waals surface area (Å²) in [6.45, 7) is -0.443. The Balaban J connectivity index is 0.00000342. The molecule has 2 aromatic carbocycles. The van der Waals surface area contributed by atoms with Gasteiger partial charge in [0.25, 0.3) is 0 Å². The Morgan fingerprint density at radius 2 is 1.71 bits per heavy atom. The summed E-state index contributed by atoms with van der Waals surface area (Å²) in [5.41, 5.74) is 6.25. The van der Waals surface area contributed by atoms with Gasteiger partial charge in [-0.3, -0.25) is 0 Å². The standard InChI is InChI=1S/C22H16ClF4N3O2S2.ClH/c23-15-8-17(32-10-12(28)9-31)16(24)6-14(15)20-29-30-21(34-20)18-7-13(11-4-2-1-3-5-11)19(33-18)22(25,26)27;/h1-8,12,31H,9-10,28H2;1H/t12-;/m1./s1. The molecule has 0 amide bonds. The van der Waals surface area contributed by atoms with Gasteiger partial charge < -0.3 is 15.6 Å². The predicted molar refractivity (Wildman–Crippen MR) is 132 cm³/mol. The molecule has 0 aliphatic carbocycles. The second-order valence-corrected chi connectivity index (χ2v) is 9.58. The molecular formula is C22H17Cl2F4N3O2S2. The van der Waals surface area contributed by atoms with Gasteiger partial charge in [0.1, 0.15) is 16.5 Å². The zero-order chi connectivity index (χ0) is 24.5. The summed E-state index contributed by atoms with van der Waals surface area (Å²) in [5, 5.41) is 17.6. The van der Waals surface area contributed by atoms with E-state index >= 15 is 0 Å². The highest BCUT2D eigenvalue weighted by atomic mass is 35.5. The van der Waals surface area contributed by atoms with Crippen molar-refractivity contribution >= 4 is 46.7 Å². The zero-order valence-corrected chi connectivity index (χ0v) is 20.8. The van der Waals surface area contributed by atoms with Gasteiger partial charge in [-0.2, -0.15) is 13.2 Å². The third-order valence-corrected chi connectivity index (χ3v) is 7.27. The van der Waals surface area contributed by atoms with Crippen molar-refractivity contribution in [3.63, 3.8) is 0 Å². The Morgan fingerprint density at radius 1 is 1.03 bits per heavy atom. The molecule has 0 saturated carbocycles. The number of aliphatic hydroxyl groups is 1. The van der Waals surface area contributed by atoms with Crippen molar-refractivity contribution in [3.8, 4) is 37.3 Å². The van der Waals surface area contributed by atoms with Crippen LogP contribution < -0.4 is 10.5 Å². The molecule has 4 aromatic rings. The van der Waals surface area contributed by atoms with Crippen LogP contribution in [0.5, 0.6) is 5.75 Å². The lowest BCUT2D eigenvalue weighted by Gasteiger charge is -2.12. The Morgan fingerprint density at radius 3 is 2.37 bits per heavy atom. The maximum atomic E-state index is 14.5. The van der Waals surface area contributed by atoms with Crippen molar-refractivity contribution in [1.82, 2.24) is 10.2 Å². The van der Waals surface area contributed by atoms with E-state index in [9.17, 15) is 17.6 Å². The van der Waals surface area contributed by atoms with Crippen molar-refractivity contribution in [2.45, 2.75) is 12.2 Å². The predicted octanol–water partition coefficient (Wildman–Crippen LogP) is 6.53. The molecule has 0 aliphatic heterocycles. The van der Waals surface area contributed by atoms with E-state index in [0.717, 1.165) is 17.4 Å². The molecule has 0 spiro atoms. The van der Waals surface area contributed by atoms with E-state index in [1.807, 2.05) is 0 Å². The van der Waals surface area contributed by atoms with Crippen LogP contribution in [0.2, 0.25) is 5.02 Å². The molecule has 4 rings (SSSR count). The fourth-order valence-corrected chi connectivity index (χ4v) is 5.28. The van der Waals surface area contributed by atoms with Gasteiger partial charge in [-0.15, -0.1) is 33.9 Å². The molecule has 0 unspecified atom stereocenters. The van der Waals surface area contributed by atoms with Crippen molar-refractivity contribution in [1.29, 1.82) is 0 Å². The fourth-order valence-electron chi connectivity index (χ4n) is 3.02. The number of benzene rings is 2. The average Bonchev–Trinajstić information content (AvgIpc) is 3.47. The van der Waals surface area contributed by atoms with E-state index < -0.39 is 22.9 Å². The van der Waals surface area contributed by atoms with E-state index in [-0.39, 0.29) is 62.4 Å². The minimum Gasteiger partial charge on any atom is -0.489 e. The summed E-state index contributed by atoms with van der Waals surface area (Å²) in [6, 6.07) is 11.4. The lowest BCUT2D eigenvalue weighted by Crippen LogP contribution is -2.31. The summed E-state index contributed by atoms with van der Waals surface area (Å²) in [7, 11) is 0. The highest BCUT2D eigenvalue weighted by molar-refractivity contribution is 7.23. The lowest BCUT2D eigenvalue weighted by atomic mass is 10.1. The third-order valence-electron chi connectivity index (χ3n) is 4.65. The van der Waals surface area contributed by atoms with E-state index in [4.69, 9.17) is 27.2 Å². The number of aliphatic hydroxyl groups excluding tert-OH is 1.